The predicted octanol–water partition coefficient (Wildman–Crippen LogP) is 5.41. The van der Waals surface area contributed by atoms with Crippen LogP contribution >= 0.6 is 0 Å². The molecular formula is C26H30F3N5O3. The van der Waals surface area contributed by atoms with E-state index in [1.54, 1.807) is 19.9 Å². The van der Waals surface area contributed by atoms with Crippen LogP contribution in [0.5, 0.6) is 0 Å². The number of aromatic nitrogens is 2. The van der Waals surface area contributed by atoms with Gasteiger partial charge in [0.15, 0.2) is 11.5 Å². The van der Waals surface area contributed by atoms with Gasteiger partial charge in [-0.15, -0.1) is 0 Å². The number of alkyl halides is 3. The Labute approximate surface area is 213 Å². The van der Waals surface area contributed by atoms with E-state index in [0.717, 1.165) is 32.0 Å². The zero-order valence-electron chi connectivity index (χ0n) is 20.8. The lowest BCUT2D eigenvalue weighted by Gasteiger charge is -2.20. The monoisotopic (exact) mass is 517 g/mol. The molecule has 11 heteroatoms. The molecule has 37 heavy (non-hydrogen) atoms. The molecule has 1 aliphatic heterocycles. The number of nitrogens with one attached hydrogen (secondary N) is 2. The molecule has 1 aromatic heterocycles. The van der Waals surface area contributed by atoms with Gasteiger partial charge in [-0.05, 0) is 70.0 Å². The third-order valence-corrected chi connectivity index (χ3v) is 6.45. The SMILES string of the molecule is CCOC1=CC(c2ncc(NC(=O)Nc3ccc(CN4CCCC4)c(C(F)(F)F)c3)c(C)n2)CCC1=O. The Morgan fingerprint density at radius 1 is 1.22 bits per heavy atom. The third kappa shape index (κ3) is 6.65. The van der Waals surface area contributed by atoms with Gasteiger partial charge in [0.1, 0.15) is 5.82 Å². The van der Waals surface area contributed by atoms with E-state index in [1.807, 2.05) is 4.90 Å². The van der Waals surface area contributed by atoms with E-state index in [2.05, 4.69) is 20.6 Å². The van der Waals surface area contributed by atoms with Gasteiger partial charge in [-0.2, -0.15) is 13.2 Å². The Morgan fingerprint density at radius 3 is 2.65 bits per heavy atom. The Balaban J connectivity index is 1.44. The number of halogens is 3. The van der Waals surface area contributed by atoms with Gasteiger partial charge in [0.05, 0.1) is 29.7 Å². The third-order valence-electron chi connectivity index (χ3n) is 6.45. The highest BCUT2D eigenvalue weighted by Crippen LogP contribution is 2.35. The van der Waals surface area contributed by atoms with Gasteiger partial charge in [-0.3, -0.25) is 9.69 Å². The van der Waals surface area contributed by atoms with Crippen LogP contribution in [0.15, 0.2) is 36.2 Å². The van der Waals surface area contributed by atoms with E-state index in [0.29, 0.717) is 42.4 Å². The largest absolute Gasteiger partial charge is 0.490 e. The van der Waals surface area contributed by atoms with Crippen molar-refractivity contribution in [2.24, 2.45) is 0 Å². The Morgan fingerprint density at radius 2 is 1.97 bits per heavy atom. The number of aryl methyl sites for hydroxylation is 1. The summed E-state index contributed by atoms with van der Waals surface area (Å²) in [5.74, 6) is 0.561. The van der Waals surface area contributed by atoms with Crippen LogP contribution < -0.4 is 10.6 Å². The van der Waals surface area contributed by atoms with Crippen molar-refractivity contribution in [3.63, 3.8) is 0 Å². The van der Waals surface area contributed by atoms with Crippen LogP contribution in [0, 0.1) is 6.92 Å². The van der Waals surface area contributed by atoms with Crippen LogP contribution in [-0.2, 0) is 22.3 Å². The van der Waals surface area contributed by atoms with Gasteiger partial charge < -0.3 is 15.4 Å². The van der Waals surface area contributed by atoms with Crippen molar-refractivity contribution in [2.45, 2.75) is 58.2 Å². The fourth-order valence-electron chi connectivity index (χ4n) is 4.57. The fourth-order valence-corrected chi connectivity index (χ4v) is 4.57. The van der Waals surface area contributed by atoms with E-state index in [4.69, 9.17) is 4.74 Å². The predicted molar refractivity (Wildman–Crippen MR) is 132 cm³/mol. The maximum atomic E-state index is 13.7. The second-order valence-electron chi connectivity index (χ2n) is 9.19. The number of urea groups is 1. The molecule has 2 heterocycles. The van der Waals surface area contributed by atoms with E-state index in [1.165, 1.54) is 18.3 Å². The number of ether oxygens (including phenoxy) is 1. The van der Waals surface area contributed by atoms with Crippen molar-refractivity contribution in [1.82, 2.24) is 14.9 Å². The summed E-state index contributed by atoms with van der Waals surface area (Å²) in [7, 11) is 0. The maximum absolute atomic E-state index is 13.7. The Bertz CT molecular complexity index is 1190. The van der Waals surface area contributed by atoms with Crippen molar-refractivity contribution in [2.75, 3.05) is 30.3 Å². The number of nitrogens with zero attached hydrogens (tertiary/aromatic N) is 3. The number of rotatable bonds is 7. The summed E-state index contributed by atoms with van der Waals surface area (Å²) >= 11 is 0. The van der Waals surface area contributed by atoms with Crippen molar-refractivity contribution >= 4 is 23.2 Å². The number of hydrogen-bond acceptors (Lipinski definition) is 6. The van der Waals surface area contributed by atoms with E-state index in [9.17, 15) is 22.8 Å². The lowest BCUT2D eigenvalue weighted by Crippen LogP contribution is -2.23. The average molecular weight is 518 g/mol. The van der Waals surface area contributed by atoms with Gasteiger partial charge in [0.2, 0.25) is 0 Å². The van der Waals surface area contributed by atoms with E-state index < -0.39 is 17.8 Å². The summed E-state index contributed by atoms with van der Waals surface area (Å²) in [6, 6.07) is 3.14. The molecule has 1 atom stereocenters. The number of anilines is 2. The van der Waals surface area contributed by atoms with Crippen LogP contribution in [0.4, 0.5) is 29.3 Å². The van der Waals surface area contributed by atoms with Crippen molar-refractivity contribution in [3.05, 3.63) is 58.9 Å². The molecule has 1 unspecified atom stereocenters. The second-order valence-corrected chi connectivity index (χ2v) is 9.19. The lowest BCUT2D eigenvalue weighted by atomic mass is 9.93. The van der Waals surface area contributed by atoms with Crippen LogP contribution in [0.1, 0.15) is 61.2 Å². The van der Waals surface area contributed by atoms with Gasteiger partial charge in [0, 0.05) is 24.6 Å². The van der Waals surface area contributed by atoms with Gasteiger partial charge in [-0.25, -0.2) is 14.8 Å². The molecule has 0 saturated carbocycles. The number of hydrogen-bond donors (Lipinski definition) is 2. The normalized spacial score (nSPS) is 18.5. The number of carbonyl (C=O) groups excluding carboxylic acids is 2. The second kappa shape index (κ2) is 11.3. The lowest BCUT2D eigenvalue weighted by molar-refractivity contribution is -0.138. The van der Waals surface area contributed by atoms with Crippen molar-refractivity contribution < 1.29 is 27.5 Å². The molecule has 8 nitrogen and oxygen atoms in total. The molecule has 2 aliphatic rings. The smallest absolute Gasteiger partial charge is 0.416 e. The summed E-state index contributed by atoms with van der Waals surface area (Å²) in [6.07, 6.45) is 1.48. The quantitative estimate of drug-likeness (QED) is 0.510. The minimum absolute atomic E-state index is 0.0330. The molecule has 2 aromatic rings. The van der Waals surface area contributed by atoms with Crippen LogP contribution in [-0.4, -0.2) is 46.4 Å². The average Bonchev–Trinajstić information content (AvgIpc) is 3.35. The molecule has 0 spiro atoms. The summed E-state index contributed by atoms with van der Waals surface area (Å²) < 4.78 is 46.6. The molecule has 0 radical (unpaired) electrons. The van der Waals surface area contributed by atoms with E-state index in [-0.39, 0.29) is 29.5 Å². The summed E-state index contributed by atoms with van der Waals surface area (Å²) in [5.41, 5.74) is 0.271. The van der Waals surface area contributed by atoms with Gasteiger partial charge in [-0.1, -0.05) is 6.07 Å². The highest BCUT2D eigenvalue weighted by molar-refractivity contribution is 6.00. The maximum Gasteiger partial charge on any atom is 0.416 e. The number of amides is 2. The number of likely N-dealkylation sites (tertiary alicyclic amines) is 1. The summed E-state index contributed by atoms with van der Waals surface area (Å²) in [4.78, 5) is 35.3. The molecule has 2 amide bonds. The molecule has 4 rings (SSSR count). The first-order chi connectivity index (χ1) is 17.6. The highest BCUT2D eigenvalue weighted by atomic mass is 19.4. The minimum Gasteiger partial charge on any atom is -0.490 e. The number of carbonyl (C=O) groups is 2. The van der Waals surface area contributed by atoms with Crippen LogP contribution in [0.2, 0.25) is 0 Å². The Hall–Kier alpha value is -3.47. The zero-order chi connectivity index (χ0) is 26.6. The summed E-state index contributed by atoms with van der Waals surface area (Å²) in [5, 5.41) is 5.07. The van der Waals surface area contributed by atoms with E-state index >= 15 is 0 Å². The first kappa shape index (κ1) is 26.6. The first-order valence-electron chi connectivity index (χ1n) is 12.4. The topological polar surface area (TPSA) is 96.4 Å². The molecule has 1 aromatic carbocycles. The minimum atomic E-state index is -4.54. The number of ketones is 1. The number of Topliss-reactive ketones (excluding diaryl/α,β-unsaturated/α-hetero) is 1. The zero-order valence-corrected chi connectivity index (χ0v) is 20.8. The molecule has 198 valence electrons. The highest BCUT2D eigenvalue weighted by Gasteiger charge is 2.34. The first-order valence-corrected chi connectivity index (χ1v) is 12.4. The fraction of sp³-hybridized carbons (Fsp3) is 0.462. The van der Waals surface area contributed by atoms with Gasteiger partial charge >= 0.3 is 12.2 Å². The van der Waals surface area contributed by atoms with Gasteiger partial charge in [0.25, 0.3) is 0 Å². The molecule has 0 bridgehead atoms. The summed E-state index contributed by atoms with van der Waals surface area (Å²) in [6.45, 7) is 5.66. The standard InChI is InChI=1S/C26H30F3N5O3/c1-3-37-23-12-17(7-9-22(23)35)24-30-14-21(16(2)31-24)33-25(36)32-19-8-6-18(15-34-10-4-5-11-34)20(13-19)26(27,28)29/h6,8,12-14,17H,3-5,7,9-11,15H2,1-2H3,(H2,32,33,36). The van der Waals surface area contributed by atoms with Crippen molar-refractivity contribution in [1.29, 1.82) is 0 Å². The van der Waals surface area contributed by atoms with Crippen molar-refractivity contribution in [3.8, 4) is 0 Å². The molecular weight excluding hydrogens is 487 g/mol. The number of allylic oxidation sites excluding steroid dienone is 2. The number of benzene rings is 1. The Kier molecular flexibility index (Phi) is 8.11. The van der Waals surface area contributed by atoms with Crippen LogP contribution in [0.3, 0.4) is 0 Å². The van der Waals surface area contributed by atoms with Crippen LogP contribution in [0.25, 0.3) is 0 Å². The molecule has 1 aliphatic carbocycles. The molecule has 1 fully saturated rings. The molecule has 1 saturated heterocycles. The molecule has 2 N–H and O–H groups in total.